The minimum absolute atomic E-state index is 0.158. The van der Waals surface area contributed by atoms with E-state index in [0.29, 0.717) is 17.3 Å². The summed E-state index contributed by atoms with van der Waals surface area (Å²) in [7, 11) is 1.40. The number of aromatic nitrogens is 2. The summed E-state index contributed by atoms with van der Waals surface area (Å²) in [6, 6.07) is 4.43. The average Bonchev–Trinajstić information content (AvgIpc) is 2.77. The summed E-state index contributed by atoms with van der Waals surface area (Å²) in [5, 5.41) is 3.68. The van der Waals surface area contributed by atoms with Crippen LogP contribution in [0.1, 0.15) is 5.89 Å². The van der Waals surface area contributed by atoms with Crippen molar-refractivity contribution in [3.8, 4) is 17.1 Å². The molecule has 0 saturated carbocycles. The largest absolute Gasteiger partial charge is 0.494 e. The Labute approximate surface area is 91.0 Å². The van der Waals surface area contributed by atoms with Crippen molar-refractivity contribution in [3.05, 3.63) is 29.9 Å². The Morgan fingerprint density at radius 3 is 2.88 bits per heavy atom. The normalized spacial score (nSPS) is 10.4. The number of rotatable bonds is 3. The van der Waals surface area contributed by atoms with E-state index in [2.05, 4.69) is 10.1 Å². The van der Waals surface area contributed by atoms with Gasteiger partial charge in [0, 0.05) is 5.56 Å². The van der Waals surface area contributed by atoms with Gasteiger partial charge in [0.1, 0.15) is 0 Å². The smallest absolute Gasteiger partial charge is 0.240 e. The molecule has 0 aliphatic rings. The highest BCUT2D eigenvalue weighted by Gasteiger charge is 2.10. The van der Waals surface area contributed by atoms with Crippen molar-refractivity contribution in [1.29, 1.82) is 0 Å². The highest BCUT2D eigenvalue weighted by atomic mass is 19.1. The first-order valence-corrected chi connectivity index (χ1v) is 4.61. The molecule has 0 aliphatic carbocycles. The summed E-state index contributed by atoms with van der Waals surface area (Å²) in [6.45, 7) is 0.158. The predicted molar refractivity (Wildman–Crippen MR) is 54.1 cm³/mol. The number of benzene rings is 1. The van der Waals surface area contributed by atoms with Gasteiger partial charge in [-0.3, -0.25) is 0 Å². The summed E-state index contributed by atoms with van der Waals surface area (Å²) in [4.78, 5) is 3.99. The van der Waals surface area contributed by atoms with Gasteiger partial charge < -0.3 is 15.0 Å². The molecule has 0 spiro atoms. The molecule has 2 aromatic rings. The number of nitrogens with two attached hydrogens (primary N) is 1. The number of ether oxygens (including phenoxy) is 1. The molecule has 2 rings (SSSR count). The van der Waals surface area contributed by atoms with Crippen LogP contribution < -0.4 is 10.5 Å². The van der Waals surface area contributed by atoms with Gasteiger partial charge in [-0.1, -0.05) is 5.16 Å². The number of methoxy groups -OCH3 is 1. The third-order valence-corrected chi connectivity index (χ3v) is 2.05. The van der Waals surface area contributed by atoms with Crippen molar-refractivity contribution in [2.45, 2.75) is 6.54 Å². The van der Waals surface area contributed by atoms with Gasteiger partial charge in [0.15, 0.2) is 11.6 Å². The van der Waals surface area contributed by atoms with Crippen molar-refractivity contribution in [2.75, 3.05) is 7.11 Å². The van der Waals surface area contributed by atoms with Gasteiger partial charge in [-0.15, -0.1) is 0 Å². The van der Waals surface area contributed by atoms with Crippen LogP contribution in [0.25, 0.3) is 11.4 Å². The van der Waals surface area contributed by atoms with Crippen LogP contribution in [0.3, 0.4) is 0 Å². The summed E-state index contributed by atoms with van der Waals surface area (Å²) in [5.41, 5.74) is 5.84. The van der Waals surface area contributed by atoms with Crippen LogP contribution >= 0.6 is 0 Å². The van der Waals surface area contributed by atoms with Crippen LogP contribution in [0.2, 0.25) is 0 Å². The number of nitrogens with zero attached hydrogens (tertiary/aromatic N) is 2. The maximum Gasteiger partial charge on any atom is 0.240 e. The lowest BCUT2D eigenvalue weighted by atomic mass is 10.2. The Kier molecular flexibility index (Phi) is 2.82. The fourth-order valence-corrected chi connectivity index (χ4v) is 1.26. The SMILES string of the molecule is COc1ccc(-c2noc(CN)n2)cc1F. The summed E-state index contributed by atoms with van der Waals surface area (Å²) in [6.07, 6.45) is 0. The zero-order chi connectivity index (χ0) is 11.5. The second kappa shape index (κ2) is 4.28. The molecule has 0 fully saturated rings. The monoisotopic (exact) mass is 223 g/mol. The van der Waals surface area contributed by atoms with Gasteiger partial charge in [-0.25, -0.2) is 4.39 Å². The van der Waals surface area contributed by atoms with Crippen molar-refractivity contribution in [3.63, 3.8) is 0 Å². The molecule has 0 unspecified atom stereocenters. The minimum Gasteiger partial charge on any atom is -0.494 e. The van der Waals surface area contributed by atoms with Crippen LogP contribution in [0.5, 0.6) is 5.75 Å². The summed E-state index contributed by atoms with van der Waals surface area (Å²) < 4.78 is 23.0. The van der Waals surface area contributed by atoms with E-state index >= 15 is 0 Å². The lowest BCUT2D eigenvalue weighted by molar-refractivity contribution is 0.380. The van der Waals surface area contributed by atoms with E-state index in [1.807, 2.05) is 0 Å². The maximum atomic E-state index is 13.4. The highest BCUT2D eigenvalue weighted by Crippen LogP contribution is 2.23. The fourth-order valence-electron chi connectivity index (χ4n) is 1.26. The van der Waals surface area contributed by atoms with Crippen LogP contribution in [0, 0.1) is 5.82 Å². The van der Waals surface area contributed by atoms with E-state index in [-0.39, 0.29) is 12.3 Å². The van der Waals surface area contributed by atoms with E-state index in [1.54, 1.807) is 6.07 Å². The second-order valence-corrected chi connectivity index (χ2v) is 3.07. The molecule has 2 N–H and O–H groups in total. The number of halogens is 1. The quantitative estimate of drug-likeness (QED) is 0.849. The topological polar surface area (TPSA) is 74.2 Å². The van der Waals surface area contributed by atoms with Crippen molar-refractivity contribution >= 4 is 0 Å². The molecule has 0 aliphatic heterocycles. The van der Waals surface area contributed by atoms with Gasteiger partial charge in [0.2, 0.25) is 11.7 Å². The van der Waals surface area contributed by atoms with Crippen LogP contribution in [-0.4, -0.2) is 17.3 Å². The van der Waals surface area contributed by atoms with Gasteiger partial charge in [0.05, 0.1) is 13.7 Å². The van der Waals surface area contributed by atoms with E-state index < -0.39 is 5.82 Å². The molecule has 6 heteroatoms. The molecule has 0 bridgehead atoms. The zero-order valence-electron chi connectivity index (χ0n) is 8.61. The lowest BCUT2D eigenvalue weighted by Crippen LogP contribution is -1.95. The molecule has 0 atom stereocenters. The highest BCUT2D eigenvalue weighted by molar-refractivity contribution is 5.55. The zero-order valence-corrected chi connectivity index (χ0v) is 8.61. The summed E-state index contributed by atoms with van der Waals surface area (Å²) in [5.74, 6) is 0.318. The Morgan fingerprint density at radius 2 is 2.31 bits per heavy atom. The van der Waals surface area contributed by atoms with Crippen molar-refractivity contribution < 1.29 is 13.7 Å². The lowest BCUT2D eigenvalue weighted by Gasteiger charge is -2.01. The molecule has 16 heavy (non-hydrogen) atoms. The minimum atomic E-state index is -0.473. The maximum absolute atomic E-state index is 13.4. The summed E-state index contributed by atoms with van der Waals surface area (Å²) >= 11 is 0. The van der Waals surface area contributed by atoms with E-state index in [1.165, 1.54) is 19.2 Å². The molecular formula is C10H10FN3O2. The molecule has 1 heterocycles. The Hall–Kier alpha value is -1.95. The predicted octanol–water partition coefficient (Wildman–Crippen LogP) is 1.34. The van der Waals surface area contributed by atoms with Crippen molar-refractivity contribution in [2.24, 2.45) is 5.73 Å². The van der Waals surface area contributed by atoms with E-state index in [4.69, 9.17) is 15.0 Å². The first-order chi connectivity index (χ1) is 7.74. The van der Waals surface area contributed by atoms with E-state index in [9.17, 15) is 4.39 Å². The molecule has 0 amide bonds. The first kappa shape index (κ1) is 10.6. The average molecular weight is 223 g/mol. The first-order valence-electron chi connectivity index (χ1n) is 4.61. The Bertz CT molecular complexity index is 499. The molecule has 84 valence electrons. The molecular weight excluding hydrogens is 213 g/mol. The molecule has 1 aromatic carbocycles. The molecule has 5 nitrogen and oxygen atoms in total. The number of hydrogen-bond donors (Lipinski definition) is 1. The Morgan fingerprint density at radius 1 is 1.50 bits per heavy atom. The van der Waals surface area contributed by atoms with E-state index in [0.717, 1.165) is 0 Å². The molecule has 0 radical (unpaired) electrons. The second-order valence-electron chi connectivity index (χ2n) is 3.07. The van der Waals surface area contributed by atoms with Crippen LogP contribution in [0.4, 0.5) is 4.39 Å². The third-order valence-electron chi connectivity index (χ3n) is 2.05. The van der Waals surface area contributed by atoms with Gasteiger partial charge in [0.25, 0.3) is 0 Å². The van der Waals surface area contributed by atoms with Gasteiger partial charge in [-0.2, -0.15) is 4.98 Å². The van der Waals surface area contributed by atoms with Crippen LogP contribution in [-0.2, 0) is 6.54 Å². The fraction of sp³-hybridized carbons (Fsp3) is 0.200. The third kappa shape index (κ3) is 1.87. The Balaban J connectivity index is 2.37. The molecule has 1 aromatic heterocycles. The standard InChI is InChI=1S/C10H10FN3O2/c1-15-8-3-2-6(4-7(8)11)10-13-9(5-12)16-14-10/h2-4H,5,12H2,1H3. The van der Waals surface area contributed by atoms with Gasteiger partial charge in [-0.05, 0) is 18.2 Å². The van der Waals surface area contributed by atoms with Crippen molar-refractivity contribution in [1.82, 2.24) is 10.1 Å². The van der Waals surface area contributed by atoms with Gasteiger partial charge >= 0.3 is 0 Å². The van der Waals surface area contributed by atoms with Crippen LogP contribution in [0.15, 0.2) is 22.7 Å². The number of hydrogen-bond acceptors (Lipinski definition) is 5. The molecule has 0 saturated heterocycles.